The molecule has 0 aliphatic heterocycles. The summed E-state index contributed by atoms with van der Waals surface area (Å²) in [5.41, 5.74) is 6.74. The number of carbonyl (C=O) groups excluding carboxylic acids is 2. The maximum Gasteiger partial charge on any atom is 0.237 e. The van der Waals surface area contributed by atoms with Gasteiger partial charge in [-0.1, -0.05) is 44.2 Å². The molecule has 0 radical (unpaired) electrons. The second kappa shape index (κ2) is 7.65. The minimum Gasteiger partial charge on any atom is -0.548 e. The monoisotopic (exact) mass is 277 g/mol. The highest BCUT2D eigenvalue weighted by atomic mass is 16.4. The highest BCUT2D eigenvalue weighted by Gasteiger charge is 2.20. The Morgan fingerprint density at radius 1 is 1.25 bits per heavy atom. The molecule has 3 N–H and O–H groups in total. The van der Waals surface area contributed by atoms with E-state index in [9.17, 15) is 14.7 Å². The van der Waals surface area contributed by atoms with Gasteiger partial charge in [0, 0.05) is 0 Å². The highest BCUT2D eigenvalue weighted by molar-refractivity contribution is 5.86. The van der Waals surface area contributed by atoms with Crippen LogP contribution in [0.4, 0.5) is 0 Å². The van der Waals surface area contributed by atoms with Crippen molar-refractivity contribution in [1.82, 2.24) is 5.32 Å². The van der Waals surface area contributed by atoms with Crippen molar-refractivity contribution >= 4 is 11.9 Å². The van der Waals surface area contributed by atoms with E-state index in [0.717, 1.165) is 5.56 Å². The molecule has 110 valence electrons. The molecule has 0 saturated carbocycles. The molecule has 0 heterocycles. The van der Waals surface area contributed by atoms with Gasteiger partial charge in [0.1, 0.15) is 0 Å². The normalized spacial score (nSPS) is 13.8. The lowest BCUT2D eigenvalue weighted by molar-refractivity contribution is -0.308. The van der Waals surface area contributed by atoms with Gasteiger partial charge in [-0.3, -0.25) is 4.79 Å². The molecule has 1 rings (SSSR count). The number of hydrogen-bond acceptors (Lipinski definition) is 4. The van der Waals surface area contributed by atoms with Gasteiger partial charge >= 0.3 is 0 Å². The van der Waals surface area contributed by atoms with Crippen LogP contribution in [0.15, 0.2) is 30.3 Å². The van der Waals surface area contributed by atoms with Gasteiger partial charge in [0.2, 0.25) is 5.91 Å². The third kappa shape index (κ3) is 5.40. The van der Waals surface area contributed by atoms with Crippen LogP contribution in [0.5, 0.6) is 0 Å². The zero-order valence-corrected chi connectivity index (χ0v) is 11.8. The number of amides is 1. The molecule has 2 unspecified atom stereocenters. The van der Waals surface area contributed by atoms with E-state index in [0.29, 0.717) is 12.8 Å². The first-order chi connectivity index (χ1) is 9.40. The highest BCUT2D eigenvalue weighted by Crippen LogP contribution is 2.06. The minimum absolute atomic E-state index is 0.142. The molecular formula is C15H21N2O3-. The predicted molar refractivity (Wildman–Crippen MR) is 74.5 cm³/mol. The van der Waals surface area contributed by atoms with E-state index >= 15 is 0 Å². The number of carboxylic acids is 1. The molecule has 0 saturated heterocycles. The van der Waals surface area contributed by atoms with Crippen LogP contribution in [0.1, 0.15) is 25.8 Å². The SMILES string of the molecule is CC(C)CC(NC(=O)C(N)Cc1ccccc1)C(=O)[O-]. The Balaban J connectivity index is 2.57. The largest absolute Gasteiger partial charge is 0.548 e. The summed E-state index contributed by atoms with van der Waals surface area (Å²) in [7, 11) is 0. The first-order valence-corrected chi connectivity index (χ1v) is 6.71. The first kappa shape index (κ1) is 16.2. The fourth-order valence-corrected chi connectivity index (χ4v) is 1.92. The number of nitrogens with two attached hydrogens (primary N) is 1. The topological polar surface area (TPSA) is 95.2 Å². The number of benzene rings is 1. The Hall–Kier alpha value is -1.88. The van der Waals surface area contributed by atoms with Crippen LogP contribution in [-0.2, 0) is 16.0 Å². The van der Waals surface area contributed by atoms with Gasteiger partial charge < -0.3 is 21.0 Å². The molecule has 1 amide bonds. The van der Waals surface area contributed by atoms with Gasteiger partial charge in [-0.05, 0) is 24.3 Å². The van der Waals surface area contributed by atoms with Crippen molar-refractivity contribution in [3.05, 3.63) is 35.9 Å². The summed E-state index contributed by atoms with van der Waals surface area (Å²) in [5, 5.41) is 13.4. The zero-order valence-electron chi connectivity index (χ0n) is 11.8. The average molecular weight is 277 g/mol. The van der Waals surface area contributed by atoms with E-state index in [-0.39, 0.29) is 5.92 Å². The standard InChI is InChI=1S/C15H22N2O3/c1-10(2)8-13(15(19)20)17-14(18)12(16)9-11-6-4-3-5-7-11/h3-7,10,12-13H,8-9,16H2,1-2H3,(H,17,18)(H,19,20)/p-1. The average Bonchev–Trinajstić information content (AvgIpc) is 2.38. The Morgan fingerprint density at radius 2 is 1.85 bits per heavy atom. The van der Waals surface area contributed by atoms with Crippen LogP contribution in [0, 0.1) is 5.92 Å². The van der Waals surface area contributed by atoms with E-state index in [2.05, 4.69) is 5.32 Å². The van der Waals surface area contributed by atoms with Crippen molar-refractivity contribution in [1.29, 1.82) is 0 Å². The van der Waals surface area contributed by atoms with Crippen LogP contribution in [-0.4, -0.2) is 24.0 Å². The lowest BCUT2D eigenvalue weighted by atomic mass is 10.0. The smallest absolute Gasteiger partial charge is 0.237 e. The molecule has 0 fully saturated rings. The molecule has 20 heavy (non-hydrogen) atoms. The molecule has 0 spiro atoms. The Morgan fingerprint density at radius 3 is 2.35 bits per heavy atom. The van der Waals surface area contributed by atoms with Crippen LogP contribution in [0.3, 0.4) is 0 Å². The van der Waals surface area contributed by atoms with Crippen LogP contribution >= 0.6 is 0 Å². The third-order valence-corrected chi connectivity index (χ3v) is 2.94. The summed E-state index contributed by atoms with van der Waals surface area (Å²) < 4.78 is 0. The van der Waals surface area contributed by atoms with Crippen molar-refractivity contribution in [2.24, 2.45) is 11.7 Å². The molecule has 0 bridgehead atoms. The summed E-state index contributed by atoms with van der Waals surface area (Å²) in [6.45, 7) is 3.76. The van der Waals surface area contributed by atoms with Crippen molar-refractivity contribution in [2.75, 3.05) is 0 Å². The summed E-state index contributed by atoms with van der Waals surface area (Å²) in [5.74, 6) is -1.61. The van der Waals surface area contributed by atoms with Crippen molar-refractivity contribution in [3.8, 4) is 0 Å². The van der Waals surface area contributed by atoms with Gasteiger partial charge in [0.15, 0.2) is 0 Å². The molecule has 5 nitrogen and oxygen atoms in total. The number of rotatable bonds is 7. The first-order valence-electron chi connectivity index (χ1n) is 6.71. The number of aliphatic carboxylic acids is 1. The zero-order chi connectivity index (χ0) is 15.1. The molecule has 2 atom stereocenters. The maximum atomic E-state index is 11.9. The van der Waals surface area contributed by atoms with E-state index in [1.165, 1.54) is 0 Å². The Bertz CT molecular complexity index is 446. The molecule has 0 aliphatic carbocycles. The van der Waals surface area contributed by atoms with Crippen molar-refractivity contribution < 1.29 is 14.7 Å². The van der Waals surface area contributed by atoms with Crippen LogP contribution in [0.25, 0.3) is 0 Å². The summed E-state index contributed by atoms with van der Waals surface area (Å²) in [6, 6.07) is 7.58. The lowest BCUT2D eigenvalue weighted by Gasteiger charge is -2.23. The number of nitrogens with one attached hydrogen (secondary N) is 1. The lowest BCUT2D eigenvalue weighted by Crippen LogP contribution is -2.53. The van der Waals surface area contributed by atoms with E-state index in [1.807, 2.05) is 44.2 Å². The van der Waals surface area contributed by atoms with Gasteiger partial charge in [0.05, 0.1) is 18.1 Å². The summed E-state index contributed by atoms with van der Waals surface area (Å²) >= 11 is 0. The number of carboxylic acid groups (broad SMARTS) is 1. The second-order valence-corrected chi connectivity index (χ2v) is 5.31. The van der Waals surface area contributed by atoms with Crippen LogP contribution in [0.2, 0.25) is 0 Å². The molecular weight excluding hydrogens is 256 g/mol. The third-order valence-electron chi connectivity index (χ3n) is 2.94. The fourth-order valence-electron chi connectivity index (χ4n) is 1.92. The van der Waals surface area contributed by atoms with Crippen molar-refractivity contribution in [3.63, 3.8) is 0 Å². The van der Waals surface area contributed by atoms with Gasteiger partial charge in [0.25, 0.3) is 0 Å². The Labute approximate surface area is 119 Å². The van der Waals surface area contributed by atoms with Crippen LogP contribution < -0.4 is 16.2 Å². The van der Waals surface area contributed by atoms with E-state index in [1.54, 1.807) is 0 Å². The van der Waals surface area contributed by atoms with E-state index in [4.69, 9.17) is 5.73 Å². The van der Waals surface area contributed by atoms with E-state index < -0.39 is 24.0 Å². The molecule has 0 aromatic heterocycles. The minimum atomic E-state index is -1.28. The second-order valence-electron chi connectivity index (χ2n) is 5.31. The maximum absolute atomic E-state index is 11.9. The van der Waals surface area contributed by atoms with Gasteiger partial charge in [-0.15, -0.1) is 0 Å². The summed E-state index contributed by atoms with van der Waals surface area (Å²) in [4.78, 5) is 22.9. The van der Waals surface area contributed by atoms with Gasteiger partial charge in [-0.2, -0.15) is 0 Å². The fraction of sp³-hybridized carbons (Fsp3) is 0.467. The van der Waals surface area contributed by atoms with Gasteiger partial charge in [-0.25, -0.2) is 0 Å². The molecule has 0 aliphatic rings. The quantitative estimate of drug-likeness (QED) is 0.723. The summed E-state index contributed by atoms with van der Waals surface area (Å²) in [6.07, 6.45) is 0.695. The van der Waals surface area contributed by atoms with Crippen molar-refractivity contribution in [2.45, 2.75) is 38.8 Å². The predicted octanol–water partition coefficient (Wildman–Crippen LogP) is -0.163. The molecule has 5 heteroatoms. The Kier molecular flexibility index (Phi) is 6.18. The molecule has 1 aromatic carbocycles. The number of carbonyl (C=O) groups is 2. The molecule has 1 aromatic rings. The number of hydrogen-bond donors (Lipinski definition) is 2.